The van der Waals surface area contributed by atoms with Crippen molar-refractivity contribution in [2.45, 2.75) is 6.92 Å². The molecule has 0 fully saturated rings. The van der Waals surface area contributed by atoms with Crippen molar-refractivity contribution in [2.24, 2.45) is 0 Å². The summed E-state index contributed by atoms with van der Waals surface area (Å²) in [6.07, 6.45) is 3.62. The minimum Gasteiger partial charge on any atom is -0.491 e. The SMILES string of the molecule is CC(=O)Nc1ccc(-c2ccc3c(c2)ncn3-c2ccc(OCCO)cc2)cc1.Nc1ccc(-c2ccc3c(c2)ncn3-c2ccc(OCCO)cc2)cc1. The number of benzene rings is 6. The number of fused-ring (bicyclic) bond motifs is 2. The minimum absolute atomic E-state index is 0.00422. The third kappa shape index (κ3) is 8.65. The Labute approximate surface area is 317 Å². The van der Waals surface area contributed by atoms with E-state index in [1.807, 2.05) is 113 Å². The Morgan fingerprint density at radius 1 is 0.600 bits per heavy atom. The average Bonchev–Trinajstić information content (AvgIpc) is 3.84. The van der Waals surface area contributed by atoms with Crippen LogP contribution in [-0.4, -0.2) is 61.6 Å². The molecule has 0 unspecified atom stereocenters. The lowest BCUT2D eigenvalue weighted by Crippen LogP contribution is -2.05. The highest BCUT2D eigenvalue weighted by molar-refractivity contribution is 5.89. The van der Waals surface area contributed by atoms with Crippen LogP contribution in [0.25, 0.3) is 55.7 Å². The van der Waals surface area contributed by atoms with Gasteiger partial charge in [0.15, 0.2) is 0 Å². The number of aliphatic hydroxyl groups excluding tert-OH is 2. The third-order valence-electron chi connectivity index (χ3n) is 8.83. The molecule has 276 valence electrons. The molecule has 0 aliphatic rings. The fraction of sp³-hybridized carbons (Fsp3) is 0.114. The monoisotopic (exact) mass is 732 g/mol. The maximum Gasteiger partial charge on any atom is 0.221 e. The highest BCUT2D eigenvalue weighted by atomic mass is 16.5. The van der Waals surface area contributed by atoms with E-state index in [1.54, 1.807) is 6.33 Å². The first-order valence-electron chi connectivity index (χ1n) is 17.7. The van der Waals surface area contributed by atoms with Gasteiger partial charge in [-0.05, 0) is 119 Å². The molecule has 0 spiro atoms. The number of nitrogen functional groups attached to an aromatic ring is 1. The zero-order valence-corrected chi connectivity index (χ0v) is 30.2. The molecule has 8 aromatic rings. The third-order valence-corrected chi connectivity index (χ3v) is 8.83. The minimum atomic E-state index is -0.0855. The van der Waals surface area contributed by atoms with E-state index in [4.69, 9.17) is 25.4 Å². The van der Waals surface area contributed by atoms with Gasteiger partial charge in [0.25, 0.3) is 0 Å². The average molecular weight is 733 g/mol. The molecule has 0 aliphatic carbocycles. The molecule has 8 rings (SSSR count). The summed E-state index contributed by atoms with van der Waals surface area (Å²) in [6.45, 7) is 2.06. The van der Waals surface area contributed by atoms with Crippen LogP contribution in [-0.2, 0) is 4.79 Å². The van der Waals surface area contributed by atoms with Crippen molar-refractivity contribution in [2.75, 3.05) is 37.5 Å². The van der Waals surface area contributed by atoms with Crippen LogP contribution < -0.4 is 20.5 Å². The zero-order chi connectivity index (χ0) is 38.1. The molecule has 2 aromatic heterocycles. The van der Waals surface area contributed by atoms with Gasteiger partial charge in [0.05, 0.1) is 35.3 Å². The molecule has 11 heteroatoms. The Balaban J connectivity index is 0.000000170. The van der Waals surface area contributed by atoms with Crippen molar-refractivity contribution in [3.63, 3.8) is 0 Å². The largest absolute Gasteiger partial charge is 0.491 e. The molecule has 0 atom stereocenters. The molecule has 1 amide bonds. The van der Waals surface area contributed by atoms with Crippen molar-refractivity contribution in [1.82, 2.24) is 19.1 Å². The van der Waals surface area contributed by atoms with Crippen LogP contribution in [0.15, 0.2) is 146 Å². The van der Waals surface area contributed by atoms with Crippen LogP contribution in [0.3, 0.4) is 0 Å². The van der Waals surface area contributed by atoms with E-state index in [-0.39, 0.29) is 25.7 Å². The summed E-state index contributed by atoms with van der Waals surface area (Å²) in [5.74, 6) is 1.37. The standard InChI is InChI=1S/C23H21N3O3.C21H19N3O2/c1-16(28)25-19-5-2-17(3-6-19)18-4-11-23-22(14-18)24-15-26(23)20-7-9-21(10-8-20)29-13-12-27;22-17-4-1-15(2-5-17)16-3-10-21-20(13-16)23-14-24(21)18-6-8-19(9-7-18)26-12-11-25/h2-11,14-15,27H,12-13H2,1H3,(H,25,28);1-10,13-14,25H,11-12,22H2. The topological polar surface area (TPSA) is 150 Å². The molecule has 0 aliphatic heterocycles. The van der Waals surface area contributed by atoms with E-state index in [9.17, 15) is 4.79 Å². The van der Waals surface area contributed by atoms with Gasteiger partial charge in [0.2, 0.25) is 5.91 Å². The number of ether oxygens (including phenoxy) is 2. The molecule has 0 bridgehead atoms. The Kier molecular flexibility index (Phi) is 11.1. The van der Waals surface area contributed by atoms with Crippen molar-refractivity contribution in [1.29, 1.82) is 0 Å². The zero-order valence-electron chi connectivity index (χ0n) is 30.2. The maximum atomic E-state index is 11.2. The Morgan fingerprint density at radius 2 is 1.02 bits per heavy atom. The predicted molar refractivity (Wildman–Crippen MR) is 217 cm³/mol. The number of anilines is 2. The van der Waals surface area contributed by atoms with Gasteiger partial charge in [0, 0.05) is 29.7 Å². The second-order valence-corrected chi connectivity index (χ2v) is 12.6. The Hall–Kier alpha value is -6.95. The van der Waals surface area contributed by atoms with Crippen molar-refractivity contribution in [3.05, 3.63) is 146 Å². The van der Waals surface area contributed by atoms with Crippen LogP contribution in [0.1, 0.15) is 6.92 Å². The number of nitrogens with one attached hydrogen (secondary N) is 1. The first kappa shape index (κ1) is 36.4. The summed E-state index contributed by atoms with van der Waals surface area (Å²) in [7, 11) is 0. The summed E-state index contributed by atoms with van der Waals surface area (Å²) in [5, 5.41) is 20.4. The van der Waals surface area contributed by atoms with Crippen molar-refractivity contribution < 1.29 is 24.5 Å². The fourth-order valence-corrected chi connectivity index (χ4v) is 6.15. The Bertz CT molecular complexity index is 2510. The summed E-state index contributed by atoms with van der Waals surface area (Å²) in [5.41, 5.74) is 17.5. The number of hydrogen-bond acceptors (Lipinski definition) is 8. The highest BCUT2D eigenvalue weighted by Gasteiger charge is 2.09. The summed E-state index contributed by atoms with van der Waals surface area (Å²) < 4.78 is 14.9. The van der Waals surface area contributed by atoms with Gasteiger partial charge in [0.1, 0.15) is 37.4 Å². The molecule has 55 heavy (non-hydrogen) atoms. The maximum absolute atomic E-state index is 11.2. The lowest BCUT2D eigenvalue weighted by atomic mass is 10.0. The first-order valence-corrected chi connectivity index (χ1v) is 17.7. The number of nitrogens with zero attached hydrogens (tertiary/aromatic N) is 4. The lowest BCUT2D eigenvalue weighted by Gasteiger charge is -2.08. The van der Waals surface area contributed by atoms with E-state index < -0.39 is 0 Å². The van der Waals surface area contributed by atoms with E-state index in [1.165, 1.54) is 6.92 Å². The van der Waals surface area contributed by atoms with Crippen molar-refractivity contribution in [3.8, 4) is 45.1 Å². The summed E-state index contributed by atoms with van der Waals surface area (Å²) >= 11 is 0. The molecular formula is C44H40N6O5. The molecule has 2 heterocycles. The molecule has 5 N–H and O–H groups in total. The number of carbonyl (C=O) groups excluding carboxylic acids is 1. The molecule has 0 saturated heterocycles. The first-order chi connectivity index (χ1) is 26.9. The van der Waals surface area contributed by atoms with Gasteiger partial charge < -0.3 is 30.7 Å². The van der Waals surface area contributed by atoms with Crippen LogP contribution in [0, 0.1) is 0 Å². The quantitative estimate of drug-likeness (QED) is 0.0991. The van der Waals surface area contributed by atoms with Crippen LogP contribution in [0.4, 0.5) is 11.4 Å². The van der Waals surface area contributed by atoms with Gasteiger partial charge in [-0.1, -0.05) is 36.4 Å². The van der Waals surface area contributed by atoms with E-state index in [0.717, 1.165) is 78.6 Å². The summed E-state index contributed by atoms with van der Waals surface area (Å²) in [6, 6.07) is 43.4. The van der Waals surface area contributed by atoms with Gasteiger partial charge >= 0.3 is 0 Å². The molecule has 0 radical (unpaired) electrons. The van der Waals surface area contributed by atoms with Gasteiger partial charge in [-0.3, -0.25) is 13.9 Å². The van der Waals surface area contributed by atoms with Gasteiger partial charge in [-0.15, -0.1) is 0 Å². The summed E-state index contributed by atoms with van der Waals surface area (Å²) in [4.78, 5) is 20.3. The molecular weight excluding hydrogens is 693 g/mol. The molecule has 11 nitrogen and oxygen atoms in total. The predicted octanol–water partition coefficient (Wildman–Crippen LogP) is 7.67. The van der Waals surface area contributed by atoms with Crippen molar-refractivity contribution >= 4 is 39.3 Å². The number of hydrogen-bond donors (Lipinski definition) is 4. The van der Waals surface area contributed by atoms with Gasteiger partial charge in [-0.25, -0.2) is 9.97 Å². The number of rotatable bonds is 11. The fourth-order valence-electron chi connectivity index (χ4n) is 6.15. The smallest absolute Gasteiger partial charge is 0.221 e. The second kappa shape index (κ2) is 16.8. The van der Waals surface area contributed by atoms with E-state index in [2.05, 4.69) is 51.7 Å². The number of aliphatic hydroxyl groups is 2. The number of aromatic nitrogens is 4. The number of nitrogens with two attached hydrogens (primary N) is 1. The lowest BCUT2D eigenvalue weighted by molar-refractivity contribution is -0.114. The molecule has 6 aromatic carbocycles. The van der Waals surface area contributed by atoms with E-state index in [0.29, 0.717) is 6.61 Å². The Morgan fingerprint density at radius 3 is 1.44 bits per heavy atom. The molecule has 0 saturated carbocycles. The normalized spacial score (nSPS) is 10.9. The number of imidazole rings is 2. The van der Waals surface area contributed by atoms with Gasteiger partial charge in [-0.2, -0.15) is 0 Å². The second-order valence-electron chi connectivity index (χ2n) is 12.6. The van der Waals surface area contributed by atoms with Crippen LogP contribution >= 0.6 is 0 Å². The van der Waals surface area contributed by atoms with Crippen LogP contribution in [0.2, 0.25) is 0 Å². The highest BCUT2D eigenvalue weighted by Crippen LogP contribution is 2.29. The number of carbonyl (C=O) groups is 1. The van der Waals surface area contributed by atoms with E-state index >= 15 is 0 Å². The van der Waals surface area contributed by atoms with Crippen LogP contribution in [0.5, 0.6) is 11.5 Å². The number of amides is 1.